The molecule has 2 heterocycles. The molecule has 4 rings (SSSR count). The average molecular weight is 390 g/mol. The number of aliphatic hydroxyl groups excluding tert-OH is 2. The Balaban J connectivity index is 1.70. The number of carbonyl (C=O) groups is 1. The molecule has 1 aromatic heterocycles. The van der Waals surface area contributed by atoms with Crippen molar-refractivity contribution in [3.63, 3.8) is 0 Å². The fraction of sp³-hybridized carbons (Fsp3) is 0.333. The van der Waals surface area contributed by atoms with Crippen molar-refractivity contribution in [1.29, 1.82) is 0 Å². The molecule has 1 atom stereocenters. The van der Waals surface area contributed by atoms with Crippen molar-refractivity contribution in [3.8, 4) is 0 Å². The maximum atomic E-state index is 13.1. The van der Waals surface area contributed by atoms with Crippen molar-refractivity contribution in [1.82, 2.24) is 9.88 Å². The minimum absolute atomic E-state index is 0.0250. The van der Waals surface area contributed by atoms with Gasteiger partial charge in [0.1, 0.15) is 0 Å². The van der Waals surface area contributed by atoms with Crippen LogP contribution in [-0.4, -0.2) is 45.7 Å². The fourth-order valence-corrected chi connectivity index (χ4v) is 4.22. The third-order valence-corrected chi connectivity index (χ3v) is 5.77. The Morgan fingerprint density at radius 2 is 1.90 bits per heavy atom. The first-order valence-electron chi connectivity index (χ1n) is 10.1. The predicted octanol–water partition coefficient (Wildman–Crippen LogP) is 3.08. The van der Waals surface area contributed by atoms with E-state index in [4.69, 9.17) is 4.98 Å². The monoisotopic (exact) mass is 390 g/mol. The SMILES string of the molecule is Cc1cc(CO)c2cccc(Cc3ccccc3C(=O)N3CC[C@@H](CO)C3)c2n1. The van der Waals surface area contributed by atoms with E-state index >= 15 is 0 Å². The summed E-state index contributed by atoms with van der Waals surface area (Å²) in [5.41, 5.74) is 5.32. The summed E-state index contributed by atoms with van der Waals surface area (Å²) >= 11 is 0. The molecule has 2 aromatic carbocycles. The number of nitrogens with zero attached hydrogens (tertiary/aromatic N) is 2. The highest BCUT2D eigenvalue weighted by atomic mass is 16.3. The molecule has 0 unspecified atom stereocenters. The van der Waals surface area contributed by atoms with Gasteiger partial charge in [0.05, 0.1) is 12.1 Å². The molecule has 5 heteroatoms. The smallest absolute Gasteiger partial charge is 0.254 e. The second kappa shape index (κ2) is 8.31. The topological polar surface area (TPSA) is 73.7 Å². The lowest BCUT2D eigenvalue weighted by atomic mass is 9.96. The maximum absolute atomic E-state index is 13.1. The summed E-state index contributed by atoms with van der Waals surface area (Å²) in [6.45, 7) is 3.32. The number of hydrogen-bond donors (Lipinski definition) is 2. The molecule has 1 fully saturated rings. The molecule has 3 aromatic rings. The molecule has 1 saturated heterocycles. The minimum Gasteiger partial charge on any atom is -0.396 e. The normalized spacial score (nSPS) is 16.5. The average Bonchev–Trinajstić information content (AvgIpc) is 3.23. The quantitative estimate of drug-likeness (QED) is 0.702. The Morgan fingerprint density at radius 3 is 2.66 bits per heavy atom. The van der Waals surface area contributed by atoms with Crippen molar-refractivity contribution in [2.45, 2.75) is 26.4 Å². The third-order valence-electron chi connectivity index (χ3n) is 5.77. The van der Waals surface area contributed by atoms with Gasteiger partial charge in [0, 0.05) is 48.7 Å². The molecule has 0 spiro atoms. The van der Waals surface area contributed by atoms with Crippen LogP contribution in [0.25, 0.3) is 10.9 Å². The Labute approximate surface area is 170 Å². The zero-order valence-corrected chi connectivity index (χ0v) is 16.6. The highest BCUT2D eigenvalue weighted by Gasteiger charge is 2.27. The van der Waals surface area contributed by atoms with Crippen LogP contribution in [0, 0.1) is 12.8 Å². The van der Waals surface area contributed by atoms with Crippen LogP contribution in [0.1, 0.15) is 39.2 Å². The zero-order chi connectivity index (χ0) is 20.4. The molecule has 0 saturated carbocycles. The molecule has 2 N–H and O–H groups in total. The largest absolute Gasteiger partial charge is 0.396 e. The first kappa shape index (κ1) is 19.6. The Morgan fingerprint density at radius 1 is 1.10 bits per heavy atom. The number of aryl methyl sites for hydroxylation is 1. The third kappa shape index (κ3) is 3.88. The minimum atomic E-state index is -0.0284. The summed E-state index contributed by atoms with van der Waals surface area (Å²) in [4.78, 5) is 19.7. The van der Waals surface area contributed by atoms with Gasteiger partial charge in [0.25, 0.3) is 5.91 Å². The van der Waals surface area contributed by atoms with E-state index < -0.39 is 0 Å². The van der Waals surface area contributed by atoms with Gasteiger partial charge in [0.15, 0.2) is 0 Å². The van der Waals surface area contributed by atoms with E-state index in [0.29, 0.717) is 25.1 Å². The first-order valence-corrected chi connectivity index (χ1v) is 10.1. The number of hydrogen-bond acceptors (Lipinski definition) is 4. The number of likely N-dealkylation sites (tertiary alicyclic amines) is 1. The number of aromatic nitrogens is 1. The molecule has 0 radical (unpaired) electrons. The van der Waals surface area contributed by atoms with Gasteiger partial charge in [-0.05, 0) is 42.2 Å². The number of amides is 1. The number of fused-ring (bicyclic) bond motifs is 1. The van der Waals surface area contributed by atoms with Gasteiger partial charge in [-0.1, -0.05) is 36.4 Å². The van der Waals surface area contributed by atoms with Crippen LogP contribution in [0.3, 0.4) is 0 Å². The van der Waals surface area contributed by atoms with Gasteiger partial charge in [-0.3, -0.25) is 9.78 Å². The summed E-state index contributed by atoms with van der Waals surface area (Å²) in [7, 11) is 0. The lowest BCUT2D eigenvalue weighted by Gasteiger charge is -2.19. The number of benzene rings is 2. The van der Waals surface area contributed by atoms with Crippen LogP contribution in [0.2, 0.25) is 0 Å². The zero-order valence-electron chi connectivity index (χ0n) is 16.6. The lowest BCUT2D eigenvalue weighted by molar-refractivity contribution is 0.0781. The van der Waals surface area contributed by atoms with E-state index in [-0.39, 0.29) is 25.0 Å². The van der Waals surface area contributed by atoms with Gasteiger partial charge in [-0.25, -0.2) is 0 Å². The van der Waals surface area contributed by atoms with Crippen molar-refractivity contribution in [2.24, 2.45) is 5.92 Å². The fourth-order valence-electron chi connectivity index (χ4n) is 4.22. The van der Waals surface area contributed by atoms with Crippen LogP contribution >= 0.6 is 0 Å². The van der Waals surface area contributed by atoms with Crippen molar-refractivity contribution in [3.05, 3.63) is 76.5 Å². The first-order chi connectivity index (χ1) is 14.1. The number of pyridine rings is 1. The van der Waals surface area contributed by atoms with Crippen LogP contribution in [0.4, 0.5) is 0 Å². The Kier molecular flexibility index (Phi) is 5.60. The van der Waals surface area contributed by atoms with E-state index in [9.17, 15) is 15.0 Å². The molecule has 0 bridgehead atoms. The summed E-state index contributed by atoms with van der Waals surface area (Å²) < 4.78 is 0. The van der Waals surface area contributed by atoms with E-state index in [1.54, 1.807) is 0 Å². The molecule has 0 aliphatic carbocycles. The highest BCUT2D eigenvalue weighted by Crippen LogP contribution is 2.26. The van der Waals surface area contributed by atoms with Crippen LogP contribution in [0.15, 0.2) is 48.5 Å². The van der Waals surface area contributed by atoms with Gasteiger partial charge >= 0.3 is 0 Å². The molecule has 1 amide bonds. The van der Waals surface area contributed by atoms with Gasteiger partial charge in [-0.2, -0.15) is 0 Å². The summed E-state index contributed by atoms with van der Waals surface area (Å²) in [6.07, 6.45) is 1.44. The predicted molar refractivity (Wildman–Crippen MR) is 113 cm³/mol. The molecule has 1 aliphatic heterocycles. The summed E-state index contributed by atoms with van der Waals surface area (Å²) in [6, 6.07) is 15.6. The van der Waals surface area contributed by atoms with E-state index in [2.05, 4.69) is 0 Å². The number of para-hydroxylation sites is 1. The molecular weight excluding hydrogens is 364 g/mol. The maximum Gasteiger partial charge on any atom is 0.254 e. The molecule has 5 nitrogen and oxygen atoms in total. The second-order valence-electron chi connectivity index (χ2n) is 7.82. The van der Waals surface area contributed by atoms with Gasteiger partial charge in [-0.15, -0.1) is 0 Å². The van der Waals surface area contributed by atoms with Gasteiger partial charge < -0.3 is 15.1 Å². The van der Waals surface area contributed by atoms with Crippen LogP contribution in [-0.2, 0) is 13.0 Å². The van der Waals surface area contributed by atoms with E-state index in [1.807, 2.05) is 60.4 Å². The lowest BCUT2D eigenvalue weighted by Crippen LogP contribution is -2.30. The van der Waals surface area contributed by atoms with Crippen molar-refractivity contribution in [2.75, 3.05) is 19.7 Å². The molecule has 29 heavy (non-hydrogen) atoms. The number of carbonyl (C=O) groups excluding carboxylic acids is 1. The summed E-state index contributed by atoms with van der Waals surface area (Å²) in [5.74, 6) is 0.199. The Bertz CT molecular complexity index is 1050. The van der Waals surface area contributed by atoms with Crippen LogP contribution in [0.5, 0.6) is 0 Å². The van der Waals surface area contributed by atoms with Gasteiger partial charge in [0.2, 0.25) is 0 Å². The highest BCUT2D eigenvalue weighted by molar-refractivity contribution is 5.96. The number of rotatable bonds is 5. The standard InChI is InChI=1S/C24H26N2O3/c1-16-11-20(15-28)21-8-4-6-19(23(21)25-16)12-18-5-2-3-7-22(18)24(29)26-10-9-17(13-26)14-27/h2-8,11,17,27-28H,9-10,12-15H2,1H3/t17-/m1/s1. The van der Waals surface area contributed by atoms with E-state index in [0.717, 1.165) is 39.7 Å². The number of aliphatic hydroxyl groups is 2. The van der Waals surface area contributed by atoms with Crippen molar-refractivity contribution < 1.29 is 15.0 Å². The second-order valence-corrected chi connectivity index (χ2v) is 7.82. The summed E-state index contributed by atoms with van der Waals surface area (Å²) in [5, 5.41) is 20.1. The van der Waals surface area contributed by atoms with Crippen LogP contribution < -0.4 is 0 Å². The van der Waals surface area contributed by atoms with E-state index in [1.165, 1.54) is 0 Å². The molecule has 1 aliphatic rings. The Hall–Kier alpha value is -2.76. The molecule has 150 valence electrons. The van der Waals surface area contributed by atoms with Crippen molar-refractivity contribution >= 4 is 16.8 Å². The molecular formula is C24H26N2O3.